The van der Waals surface area contributed by atoms with E-state index in [1.54, 1.807) is 16.9 Å². The van der Waals surface area contributed by atoms with Crippen LogP contribution in [0.15, 0.2) is 54.7 Å². The number of aryl methyl sites for hydroxylation is 1. The summed E-state index contributed by atoms with van der Waals surface area (Å²) >= 11 is 6.17. The fraction of sp³-hybridized carbons (Fsp3) is 0.0952. The van der Waals surface area contributed by atoms with Gasteiger partial charge in [0.2, 0.25) is 5.91 Å². The Balaban J connectivity index is 1.76. The number of hydrogen-bond donors (Lipinski definition) is 2. The molecule has 0 aliphatic heterocycles. The van der Waals surface area contributed by atoms with Crippen molar-refractivity contribution < 1.29 is 4.79 Å². The van der Waals surface area contributed by atoms with Crippen molar-refractivity contribution in [3.05, 3.63) is 65.3 Å². The third kappa shape index (κ3) is 3.85. The Hall–Kier alpha value is -3.78. The van der Waals surface area contributed by atoms with Gasteiger partial charge in [0.15, 0.2) is 5.82 Å². The van der Waals surface area contributed by atoms with E-state index in [2.05, 4.69) is 25.8 Å². The molecular weight excluding hydrogens is 402 g/mol. The molecule has 4 rings (SSSR count). The van der Waals surface area contributed by atoms with Crippen molar-refractivity contribution in [2.75, 3.05) is 11.1 Å². The second-order valence-electron chi connectivity index (χ2n) is 6.76. The lowest BCUT2D eigenvalue weighted by Crippen LogP contribution is -2.05. The summed E-state index contributed by atoms with van der Waals surface area (Å²) in [6.07, 6.45) is 1.69. The number of amides is 1. The van der Waals surface area contributed by atoms with E-state index in [1.165, 1.54) is 6.92 Å². The lowest BCUT2D eigenvalue weighted by atomic mass is 10.0. The Morgan fingerprint density at radius 2 is 1.87 bits per heavy atom. The Kier molecular flexibility index (Phi) is 5.16. The van der Waals surface area contributed by atoms with Crippen molar-refractivity contribution in [2.24, 2.45) is 0 Å². The highest BCUT2D eigenvalue weighted by Crippen LogP contribution is 2.31. The number of benzene rings is 2. The van der Waals surface area contributed by atoms with E-state index >= 15 is 0 Å². The summed E-state index contributed by atoms with van der Waals surface area (Å²) in [6, 6.07) is 14.8. The van der Waals surface area contributed by atoms with Crippen molar-refractivity contribution >= 4 is 29.0 Å². The SMILES string of the molecule is CC(=O)Nc1ccc(-c2cnc(N)c(-c3nnnn3-c3cc(Cl)ccc3C)c2)cc1. The van der Waals surface area contributed by atoms with E-state index in [4.69, 9.17) is 17.3 Å². The van der Waals surface area contributed by atoms with Crippen molar-refractivity contribution in [3.8, 4) is 28.2 Å². The summed E-state index contributed by atoms with van der Waals surface area (Å²) in [5.74, 6) is 0.647. The number of halogens is 1. The second-order valence-corrected chi connectivity index (χ2v) is 7.20. The Morgan fingerprint density at radius 3 is 2.60 bits per heavy atom. The molecule has 2 aromatic heterocycles. The average Bonchev–Trinajstić information content (AvgIpc) is 3.20. The van der Waals surface area contributed by atoms with E-state index in [0.717, 1.165) is 28.1 Å². The number of nitrogens with one attached hydrogen (secondary N) is 1. The predicted molar refractivity (Wildman–Crippen MR) is 116 cm³/mol. The van der Waals surface area contributed by atoms with Gasteiger partial charge in [0, 0.05) is 29.4 Å². The van der Waals surface area contributed by atoms with Crippen LogP contribution in [0.4, 0.5) is 11.5 Å². The molecule has 0 spiro atoms. The van der Waals surface area contributed by atoms with Crippen LogP contribution < -0.4 is 11.1 Å². The smallest absolute Gasteiger partial charge is 0.221 e. The first-order valence-corrected chi connectivity index (χ1v) is 9.49. The molecule has 0 radical (unpaired) electrons. The van der Waals surface area contributed by atoms with Gasteiger partial charge in [-0.3, -0.25) is 4.79 Å². The average molecular weight is 420 g/mol. The van der Waals surface area contributed by atoms with Gasteiger partial charge in [-0.05, 0) is 58.8 Å². The summed E-state index contributed by atoms with van der Waals surface area (Å²) in [5.41, 5.74) is 10.9. The van der Waals surface area contributed by atoms with Crippen LogP contribution >= 0.6 is 11.6 Å². The third-order valence-corrected chi connectivity index (χ3v) is 4.80. The van der Waals surface area contributed by atoms with Gasteiger partial charge in [0.05, 0.1) is 11.3 Å². The number of rotatable bonds is 4. The number of carbonyl (C=O) groups is 1. The molecule has 1 amide bonds. The molecule has 2 heterocycles. The molecule has 0 aliphatic carbocycles. The highest BCUT2D eigenvalue weighted by molar-refractivity contribution is 6.30. The number of tetrazole rings is 1. The van der Waals surface area contributed by atoms with E-state index in [9.17, 15) is 4.79 Å². The van der Waals surface area contributed by atoms with E-state index in [0.29, 0.717) is 22.2 Å². The standard InChI is InChI=1S/C21H18ClN7O/c1-12-3-6-16(22)10-19(12)29-21(26-27-28-29)18-9-15(11-24-20(18)23)14-4-7-17(8-5-14)25-13(2)30/h3-11H,1-2H3,(H2,23,24)(H,25,30). The number of nitrogen functional groups attached to an aromatic ring is 1. The summed E-state index contributed by atoms with van der Waals surface area (Å²) in [7, 11) is 0. The number of nitrogens with two attached hydrogens (primary N) is 1. The fourth-order valence-corrected chi connectivity index (χ4v) is 3.26. The Labute approximate surface area is 177 Å². The maximum Gasteiger partial charge on any atom is 0.221 e. The Bertz CT molecular complexity index is 1230. The number of nitrogens with zero attached hydrogens (tertiary/aromatic N) is 5. The summed E-state index contributed by atoms with van der Waals surface area (Å²) in [4.78, 5) is 15.5. The van der Waals surface area contributed by atoms with E-state index in [1.807, 2.05) is 49.4 Å². The van der Waals surface area contributed by atoms with Crippen LogP contribution in [0.5, 0.6) is 0 Å². The van der Waals surface area contributed by atoms with Gasteiger partial charge in [0.1, 0.15) is 5.82 Å². The third-order valence-electron chi connectivity index (χ3n) is 4.57. The predicted octanol–water partition coefficient (Wildman–Crippen LogP) is 3.89. The highest BCUT2D eigenvalue weighted by Gasteiger charge is 2.17. The normalized spacial score (nSPS) is 10.8. The van der Waals surface area contributed by atoms with Gasteiger partial charge in [-0.25, -0.2) is 4.98 Å². The van der Waals surface area contributed by atoms with Crippen LogP contribution in [0.1, 0.15) is 12.5 Å². The van der Waals surface area contributed by atoms with Gasteiger partial charge in [0.25, 0.3) is 0 Å². The summed E-state index contributed by atoms with van der Waals surface area (Å²) < 4.78 is 1.60. The topological polar surface area (TPSA) is 112 Å². The minimum Gasteiger partial charge on any atom is -0.383 e. The first-order chi connectivity index (χ1) is 14.4. The molecule has 0 unspecified atom stereocenters. The van der Waals surface area contributed by atoms with Crippen LogP contribution in [-0.2, 0) is 4.79 Å². The van der Waals surface area contributed by atoms with Crippen LogP contribution in [0, 0.1) is 6.92 Å². The maximum atomic E-state index is 11.2. The second kappa shape index (κ2) is 7.92. The molecule has 3 N–H and O–H groups in total. The highest BCUT2D eigenvalue weighted by atomic mass is 35.5. The lowest BCUT2D eigenvalue weighted by molar-refractivity contribution is -0.114. The zero-order valence-electron chi connectivity index (χ0n) is 16.3. The first kappa shape index (κ1) is 19.5. The molecule has 0 bridgehead atoms. The molecule has 2 aromatic carbocycles. The first-order valence-electron chi connectivity index (χ1n) is 9.11. The number of anilines is 2. The largest absolute Gasteiger partial charge is 0.383 e. The number of pyridine rings is 1. The number of carbonyl (C=O) groups excluding carboxylic acids is 1. The van der Waals surface area contributed by atoms with E-state index < -0.39 is 0 Å². The lowest BCUT2D eigenvalue weighted by Gasteiger charge is -2.11. The molecular formula is C21H18ClN7O. The molecule has 30 heavy (non-hydrogen) atoms. The summed E-state index contributed by atoms with van der Waals surface area (Å²) in [6.45, 7) is 3.42. The monoisotopic (exact) mass is 419 g/mol. The molecule has 0 atom stereocenters. The zero-order chi connectivity index (χ0) is 21.3. The van der Waals surface area contributed by atoms with Crippen molar-refractivity contribution in [2.45, 2.75) is 13.8 Å². The van der Waals surface area contributed by atoms with Gasteiger partial charge in [-0.2, -0.15) is 4.68 Å². The molecule has 8 nitrogen and oxygen atoms in total. The van der Waals surface area contributed by atoms with Gasteiger partial charge in [-0.1, -0.05) is 29.8 Å². The molecule has 150 valence electrons. The molecule has 0 aliphatic rings. The number of hydrogen-bond acceptors (Lipinski definition) is 6. The zero-order valence-corrected chi connectivity index (χ0v) is 17.1. The number of aromatic nitrogens is 5. The maximum absolute atomic E-state index is 11.2. The fourth-order valence-electron chi connectivity index (χ4n) is 3.09. The van der Waals surface area contributed by atoms with Gasteiger partial charge < -0.3 is 11.1 Å². The van der Waals surface area contributed by atoms with Gasteiger partial charge in [-0.15, -0.1) is 5.10 Å². The minimum atomic E-state index is -0.123. The van der Waals surface area contributed by atoms with Crippen LogP contribution in [0.3, 0.4) is 0 Å². The van der Waals surface area contributed by atoms with Crippen molar-refractivity contribution in [3.63, 3.8) is 0 Å². The molecule has 4 aromatic rings. The Morgan fingerprint density at radius 1 is 1.10 bits per heavy atom. The van der Waals surface area contributed by atoms with Crippen molar-refractivity contribution in [1.82, 2.24) is 25.2 Å². The van der Waals surface area contributed by atoms with Crippen LogP contribution in [0.2, 0.25) is 5.02 Å². The van der Waals surface area contributed by atoms with Gasteiger partial charge >= 0.3 is 0 Å². The quantitative estimate of drug-likeness (QED) is 0.519. The minimum absolute atomic E-state index is 0.123. The van der Waals surface area contributed by atoms with Crippen LogP contribution in [0.25, 0.3) is 28.2 Å². The molecule has 0 fully saturated rings. The van der Waals surface area contributed by atoms with E-state index in [-0.39, 0.29) is 5.91 Å². The van der Waals surface area contributed by atoms with Crippen LogP contribution in [-0.4, -0.2) is 31.1 Å². The molecule has 0 saturated heterocycles. The summed E-state index contributed by atoms with van der Waals surface area (Å²) in [5, 5.41) is 15.4. The molecule has 9 heteroatoms. The van der Waals surface area contributed by atoms with Crippen molar-refractivity contribution in [1.29, 1.82) is 0 Å². The molecule has 0 saturated carbocycles.